The minimum Gasteiger partial charge on any atom is -0.365 e. The fraction of sp³-hybridized carbons (Fsp3) is 0.571. The van der Waals surface area contributed by atoms with Gasteiger partial charge >= 0.3 is 0 Å². The molecule has 17 heavy (non-hydrogen) atoms. The van der Waals surface area contributed by atoms with Crippen LogP contribution in [0.3, 0.4) is 0 Å². The van der Waals surface area contributed by atoms with Gasteiger partial charge in [0.05, 0.1) is 0 Å². The second kappa shape index (κ2) is 4.87. The molecular formula is C14H21ClN2. The fourth-order valence-electron chi connectivity index (χ4n) is 2.42. The predicted octanol–water partition coefficient (Wildman–Crippen LogP) is 3.16. The highest BCUT2D eigenvalue weighted by atomic mass is 35.5. The maximum atomic E-state index is 5.95. The van der Waals surface area contributed by atoms with E-state index in [2.05, 4.69) is 43.1 Å². The summed E-state index contributed by atoms with van der Waals surface area (Å²) in [4.78, 5) is 2.48. The van der Waals surface area contributed by atoms with Crippen molar-refractivity contribution in [2.75, 3.05) is 24.5 Å². The van der Waals surface area contributed by atoms with E-state index < -0.39 is 0 Å². The molecule has 1 unspecified atom stereocenters. The van der Waals surface area contributed by atoms with Crippen LogP contribution in [0.25, 0.3) is 0 Å². The third kappa shape index (κ3) is 2.93. The third-order valence-corrected chi connectivity index (χ3v) is 3.67. The molecule has 3 heteroatoms. The molecule has 1 N–H and O–H groups in total. The molecule has 94 valence electrons. The minimum absolute atomic E-state index is 0.137. The lowest BCUT2D eigenvalue weighted by Crippen LogP contribution is -2.49. The van der Waals surface area contributed by atoms with E-state index in [1.54, 1.807) is 0 Å². The largest absolute Gasteiger partial charge is 0.365 e. The van der Waals surface area contributed by atoms with Crippen molar-refractivity contribution in [3.63, 3.8) is 0 Å². The molecule has 0 bridgehead atoms. The maximum absolute atomic E-state index is 5.95. The van der Waals surface area contributed by atoms with Crippen LogP contribution >= 0.6 is 11.6 Å². The first kappa shape index (κ1) is 12.7. The minimum atomic E-state index is 0.137. The van der Waals surface area contributed by atoms with Crippen LogP contribution in [-0.2, 0) is 0 Å². The Morgan fingerprint density at radius 1 is 1.29 bits per heavy atom. The molecule has 1 aromatic carbocycles. The molecule has 1 aliphatic rings. The lowest BCUT2D eigenvalue weighted by Gasteiger charge is -2.39. The summed E-state index contributed by atoms with van der Waals surface area (Å²) in [5.41, 5.74) is 1.40. The second-order valence-corrected chi connectivity index (χ2v) is 6.07. The molecule has 2 rings (SSSR count). The van der Waals surface area contributed by atoms with Crippen LogP contribution in [0.2, 0.25) is 5.02 Å². The molecule has 1 fully saturated rings. The first-order valence-corrected chi connectivity index (χ1v) is 6.61. The van der Waals surface area contributed by atoms with Crippen molar-refractivity contribution in [2.45, 2.75) is 26.3 Å². The maximum Gasteiger partial charge on any atom is 0.0470 e. The highest BCUT2D eigenvalue weighted by Gasteiger charge is 2.30. The van der Waals surface area contributed by atoms with Crippen LogP contribution in [0.15, 0.2) is 24.3 Å². The summed E-state index contributed by atoms with van der Waals surface area (Å²) in [6, 6.07) is 8.16. The summed E-state index contributed by atoms with van der Waals surface area (Å²) >= 11 is 5.95. The van der Waals surface area contributed by atoms with Gasteiger partial charge in [0.2, 0.25) is 0 Å². The molecule has 0 aliphatic carbocycles. The Balaban J connectivity index is 2.29. The van der Waals surface area contributed by atoms with Crippen molar-refractivity contribution < 1.29 is 0 Å². The SMILES string of the molecule is CC1CNCC(C)(C)N(c2ccc(Cl)cc2)C1. The Hall–Kier alpha value is -0.730. The summed E-state index contributed by atoms with van der Waals surface area (Å²) in [5.74, 6) is 0.660. The molecule has 1 heterocycles. The molecule has 1 aromatic rings. The van der Waals surface area contributed by atoms with E-state index >= 15 is 0 Å². The number of nitrogens with zero attached hydrogens (tertiary/aromatic N) is 1. The van der Waals surface area contributed by atoms with Crippen LogP contribution in [0.1, 0.15) is 20.8 Å². The van der Waals surface area contributed by atoms with Gasteiger partial charge < -0.3 is 10.2 Å². The van der Waals surface area contributed by atoms with Crippen molar-refractivity contribution in [1.29, 1.82) is 0 Å². The third-order valence-electron chi connectivity index (χ3n) is 3.41. The molecule has 0 amide bonds. The molecule has 0 radical (unpaired) electrons. The smallest absolute Gasteiger partial charge is 0.0470 e. The van der Waals surface area contributed by atoms with E-state index in [0.29, 0.717) is 5.92 Å². The number of halogens is 1. The highest BCUT2D eigenvalue weighted by molar-refractivity contribution is 6.30. The summed E-state index contributed by atoms with van der Waals surface area (Å²) in [5, 5.41) is 4.33. The standard InChI is InChI=1S/C14H21ClN2/c1-11-8-16-10-14(2,3)17(9-11)13-6-4-12(15)5-7-13/h4-7,11,16H,8-10H2,1-3H3. The number of benzene rings is 1. The van der Waals surface area contributed by atoms with Gasteiger partial charge in [0, 0.05) is 29.3 Å². The number of rotatable bonds is 1. The Bertz CT molecular complexity index is 372. The Labute approximate surface area is 109 Å². The molecule has 1 aliphatic heterocycles. The monoisotopic (exact) mass is 252 g/mol. The summed E-state index contributed by atoms with van der Waals surface area (Å²) < 4.78 is 0. The van der Waals surface area contributed by atoms with Gasteiger partial charge in [-0.2, -0.15) is 0 Å². The van der Waals surface area contributed by atoms with Crippen LogP contribution in [0, 0.1) is 5.92 Å². The van der Waals surface area contributed by atoms with Gasteiger partial charge in [0.25, 0.3) is 0 Å². The molecule has 0 spiro atoms. The van der Waals surface area contributed by atoms with Gasteiger partial charge in [-0.3, -0.25) is 0 Å². The highest BCUT2D eigenvalue weighted by Crippen LogP contribution is 2.27. The van der Waals surface area contributed by atoms with Crippen LogP contribution in [-0.4, -0.2) is 25.2 Å². The second-order valence-electron chi connectivity index (χ2n) is 5.64. The van der Waals surface area contributed by atoms with Crippen LogP contribution < -0.4 is 10.2 Å². The summed E-state index contributed by atoms with van der Waals surface area (Å²) in [6.45, 7) is 10.0. The lowest BCUT2D eigenvalue weighted by atomic mass is 10.0. The lowest BCUT2D eigenvalue weighted by molar-refractivity contribution is 0.460. The van der Waals surface area contributed by atoms with Crippen molar-refractivity contribution in [2.24, 2.45) is 5.92 Å². The molecule has 1 saturated heterocycles. The quantitative estimate of drug-likeness (QED) is 0.826. The summed E-state index contributed by atoms with van der Waals surface area (Å²) in [6.07, 6.45) is 0. The molecule has 0 aromatic heterocycles. The van der Waals surface area contributed by atoms with E-state index in [1.165, 1.54) is 5.69 Å². The zero-order valence-corrected chi connectivity index (χ0v) is 11.6. The van der Waals surface area contributed by atoms with E-state index in [0.717, 1.165) is 24.7 Å². The first-order chi connectivity index (χ1) is 7.99. The first-order valence-electron chi connectivity index (χ1n) is 6.23. The fourth-order valence-corrected chi connectivity index (χ4v) is 2.55. The summed E-state index contributed by atoms with van der Waals surface area (Å²) in [7, 11) is 0. The van der Waals surface area contributed by atoms with Gasteiger partial charge in [-0.05, 0) is 50.6 Å². The zero-order chi connectivity index (χ0) is 12.5. The molecule has 2 nitrogen and oxygen atoms in total. The molecule has 1 atom stereocenters. The Morgan fingerprint density at radius 2 is 1.94 bits per heavy atom. The van der Waals surface area contributed by atoms with Gasteiger partial charge in [0.15, 0.2) is 0 Å². The van der Waals surface area contributed by atoms with E-state index in [-0.39, 0.29) is 5.54 Å². The van der Waals surface area contributed by atoms with E-state index in [4.69, 9.17) is 11.6 Å². The number of hydrogen-bond acceptors (Lipinski definition) is 2. The van der Waals surface area contributed by atoms with E-state index in [1.807, 2.05) is 12.1 Å². The predicted molar refractivity (Wildman–Crippen MR) is 74.9 cm³/mol. The number of nitrogens with one attached hydrogen (secondary N) is 1. The van der Waals surface area contributed by atoms with Crippen LogP contribution in [0.4, 0.5) is 5.69 Å². The number of anilines is 1. The number of hydrogen-bond donors (Lipinski definition) is 1. The van der Waals surface area contributed by atoms with Crippen molar-refractivity contribution in [3.8, 4) is 0 Å². The van der Waals surface area contributed by atoms with Gasteiger partial charge in [-0.1, -0.05) is 18.5 Å². The molecule has 0 saturated carbocycles. The molecular weight excluding hydrogens is 232 g/mol. The van der Waals surface area contributed by atoms with Crippen LogP contribution in [0.5, 0.6) is 0 Å². The van der Waals surface area contributed by atoms with Crippen molar-refractivity contribution >= 4 is 17.3 Å². The Kier molecular flexibility index (Phi) is 3.64. The average molecular weight is 253 g/mol. The normalized spacial score (nSPS) is 24.5. The van der Waals surface area contributed by atoms with Gasteiger partial charge in [-0.25, -0.2) is 0 Å². The van der Waals surface area contributed by atoms with Crippen molar-refractivity contribution in [1.82, 2.24) is 5.32 Å². The van der Waals surface area contributed by atoms with Gasteiger partial charge in [0.1, 0.15) is 0 Å². The van der Waals surface area contributed by atoms with Crippen molar-refractivity contribution in [3.05, 3.63) is 29.3 Å². The topological polar surface area (TPSA) is 15.3 Å². The Morgan fingerprint density at radius 3 is 2.59 bits per heavy atom. The average Bonchev–Trinajstić information content (AvgIpc) is 2.39. The zero-order valence-electron chi connectivity index (χ0n) is 10.8. The van der Waals surface area contributed by atoms with E-state index in [9.17, 15) is 0 Å². The van der Waals surface area contributed by atoms with Gasteiger partial charge in [-0.15, -0.1) is 0 Å².